The highest BCUT2D eigenvalue weighted by atomic mass is 16.5. The maximum atomic E-state index is 11.4. The third-order valence-corrected chi connectivity index (χ3v) is 9.66. The molecule has 6 bridgehead atoms. The molecule has 0 saturated carbocycles. The van der Waals surface area contributed by atoms with E-state index in [0.29, 0.717) is 46.7 Å². The van der Waals surface area contributed by atoms with Crippen molar-refractivity contribution in [1.82, 2.24) is 9.80 Å². The van der Waals surface area contributed by atoms with E-state index in [2.05, 4.69) is 60.3 Å². The molecule has 0 aromatic heterocycles. The van der Waals surface area contributed by atoms with Crippen LogP contribution in [0.4, 0.5) is 0 Å². The molecule has 8 nitrogen and oxygen atoms in total. The van der Waals surface area contributed by atoms with Crippen molar-refractivity contribution in [2.45, 2.75) is 37.8 Å². The average Bonchev–Trinajstić information content (AvgIpc) is 3.05. The molecule has 4 aromatic carbocycles. The Morgan fingerprint density at radius 1 is 0.667 bits per heavy atom. The SMILES string of the molecule is COc1ccc2cc1Oc1cc3c(cc1OC)CCN(C)[C@H]3Cc1ccc(cc1)Oc1c(O)c(OC)cc3c1[C@@H](C2)N(C)CC3. The minimum Gasteiger partial charge on any atom is -0.502 e. The molecule has 234 valence electrons. The van der Waals surface area contributed by atoms with E-state index in [4.69, 9.17) is 23.7 Å². The van der Waals surface area contributed by atoms with Crippen molar-refractivity contribution in [1.29, 1.82) is 0 Å². The van der Waals surface area contributed by atoms with E-state index in [0.717, 1.165) is 49.0 Å². The molecule has 4 aliphatic heterocycles. The topological polar surface area (TPSA) is 72.9 Å². The van der Waals surface area contributed by atoms with Crippen LogP contribution in [0.25, 0.3) is 0 Å². The Kier molecular flexibility index (Phi) is 7.71. The van der Waals surface area contributed by atoms with Crippen LogP contribution in [0.1, 0.15) is 45.5 Å². The lowest BCUT2D eigenvalue weighted by Gasteiger charge is -2.36. The summed E-state index contributed by atoms with van der Waals surface area (Å²) < 4.78 is 30.4. The number of aromatic hydroxyl groups is 1. The van der Waals surface area contributed by atoms with Gasteiger partial charge in [0.05, 0.1) is 21.3 Å². The summed E-state index contributed by atoms with van der Waals surface area (Å²) in [6.45, 7) is 1.81. The molecule has 1 N–H and O–H groups in total. The molecule has 0 unspecified atom stereocenters. The van der Waals surface area contributed by atoms with E-state index in [1.54, 1.807) is 21.3 Å². The third-order valence-electron chi connectivity index (χ3n) is 9.66. The number of nitrogens with zero attached hydrogens (tertiary/aromatic N) is 2. The highest BCUT2D eigenvalue weighted by Crippen LogP contribution is 2.50. The zero-order valence-electron chi connectivity index (χ0n) is 26.6. The van der Waals surface area contributed by atoms with Gasteiger partial charge in [0.25, 0.3) is 0 Å². The van der Waals surface area contributed by atoms with Crippen molar-refractivity contribution in [3.05, 3.63) is 94.0 Å². The smallest absolute Gasteiger partial charge is 0.201 e. The Balaban J connectivity index is 1.42. The minimum absolute atomic E-state index is 0.00993. The molecular formula is C37H40N2O6. The number of phenolic OH excluding ortho intramolecular Hbond substituents is 1. The lowest BCUT2D eigenvalue weighted by molar-refractivity contribution is 0.222. The van der Waals surface area contributed by atoms with E-state index < -0.39 is 0 Å². The van der Waals surface area contributed by atoms with Crippen LogP contribution in [0, 0.1) is 0 Å². The minimum atomic E-state index is -0.0606. The number of fused-ring (bicyclic) bond motifs is 2. The molecule has 0 radical (unpaired) electrons. The zero-order valence-corrected chi connectivity index (χ0v) is 26.6. The van der Waals surface area contributed by atoms with Gasteiger partial charge in [0.15, 0.2) is 34.5 Å². The summed E-state index contributed by atoms with van der Waals surface area (Å²) in [5, 5.41) is 11.4. The van der Waals surface area contributed by atoms with Crippen molar-refractivity contribution in [3.63, 3.8) is 0 Å². The van der Waals surface area contributed by atoms with Crippen molar-refractivity contribution in [2.75, 3.05) is 48.5 Å². The van der Waals surface area contributed by atoms with Crippen molar-refractivity contribution in [2.24, 2.45) is 0 Å². The summed E-state index contributed by atoms with van der Waals surface area (Å²) in [6, 6.07) is 20.6. The number of rotatable bonds is 3. The standard InChI is InChI=1S/C37H40N2O6/c1-38-14-12-24-19-31(42-4)33-21-27(24)28(38)16-22-6-9-26(10-7-22)44-37-35-25(20-34(43-5)36(37)40)13-15-39(2)29(35)17-23-8-11-30(41-3)32(18-23)45-33/h6-11,18-21,28-29,40H,12-17H2,1-5H3/t28-,29+/m0/s1. The van der Waals surface area contributed by atoms with Crippen LogP contribution < -0.4 is 23.7 Å². The summed E-state index contributed by atoms with van der Waals surface area (Å²) in [7, 11) is 9.22. The van der Waals surface area contributed by atoms with Gasteiger partial charge in [-0.3, -0.25) is 9.80 Å². The maximum absolute atomic E-state index is 11.4. The van der Waals surface area contributed by atoms with Gasteiger partial charge in [-0.1, -0.05) is 18.2 Å². The van der Waals surface area contributed by atoms with Gasteiger partial charge < -0.3 is 28.8 Å². The van der Waals surface area contributed by atoms with Crippen LogP contribution in [-0.4, -0.2) is 63.4 Å². The van der Waals surface area contributed by atoms with Gasteiger partial charge in [-0.2, -0.15) is 0 Å². The van der Waals surface area contributed by atoms with Gasteiger partial charge in [0, 0.05) is 30.7 Å². The predicted octanol–water partition coefficient (Wildman–Crippen LogP) is 6.86. The van der Waals surface area contributed by atoms with Gasteiger partial charge in [0.2, 0.25) is 5.75 Å². The number of phenols is 1. The monoisotopic (exact) mass is 608 g/mol. The zero-order chi connectivity index (χ0) is 31.2. The number of hydrogen-bond donors (Lipinski definition) is 1. The Hall–Kier alpha value is -4.40. The average molecular weight is 609 g/mol. The fourth-order valence-electron chi connectivity index (χ4n) is 7.10. The Bertz CT molecular complexity index is 1740. The summed E-state index contributed by atoms with van der Waals surface area (Å²) in [5.41, 5.74) is 6.84. The highest BCUT2D eigenvalue weighted by molar-refractivity contribution is 5.62. The molecule has 45 heavy (non-hydrogen) atoms. The van der Waals surface area contributed by atoms with Crippen molar-refractivity contribution in [3.8, 4) is 46.0 Å². The number of likely N-dealkylation sites (N-methyl/N-ethyl adjacent to an activating group) is 2. The molecule has 4 aliphatic rings. The quantitative estimate of drug-likeness (QED) is 0.271. The second-order valence-corrected chi connectivity index (χ2v) is 12.3. The van der Waals surface area contributed by atoms with Crippen LogP contribution >= 0.6 is 0 Å². The number of benzene rings is 4. The Labute approximate surface area is 264 Å². The highest BCUT2D eigenvalue weighted by Gasteiger charge is 2.33. The fourth-order valence-corrected chi connectivity index (χ4v) is 7.10. The fraction of sp³-hybridized carbons (Fsp3) is 0.351. The van der Waals surface area contributed by atoms with E-state index in [1.165, 1.54) is 16.7 Å². The van der Waals surface area contributed by atoms with Crippen LogP contribution in [0.15, 0.2) is 60.7 Å². The Morgan fingerprint density at radius 2 is 1.29 bits per heavy atom. The molecular weight excluding hydrogens is 568 g/mol. The van der Waals surface area contributed by atoms with Gasteiger partial charge in [-0.25, -0.2) is 0 Å². The molecule has 0 aliphatic carbocycles. The molecule has 0 fully saturated rings. The van der Waals surface area contributed by atoms with Crippen LogP contribution in [0.5, 0.6) is 46.0 Å². The maximum Gasteiger partial charge on any atom is 0.201 e. The van der Waals surface area contributed by atoms with E-state index in [-0.39, 0.29) is 17.8 Å². The van der Waals surface area contributed by atoms with Gasteiger partial charge in [-0.15, -0.1) is 0 Å². The number of hydrogen-bond acceptors (Lipinski definition) is 8. The third kappa shape index (κ3) is 5.32. The molecule has 0 spiro atoms. The normalized spacial score (nSPS) is 19.4. The first-order chi connectivity index (χ1) is 21.9. The van der Waals surface area contributed by atoms with Gasteiger partial charge >= 0.3 is 0 Å². The molecule has 8 rings (SSSR count). The molecule has 0 saturated heterocycles. The first-order valence-electron chi connectivity index (χ1n) is 15.5. The first-order valence-corrected chi connectivity index (χ1v) is 15.5. The first kappa shape index (κ1) is 29.3. The number of ether oxygens (including phenoxy) is 5. The van der Waals surface area contributed by atoms with Crippen LogP contribution in [-0.2, 0) is 25.7 Å². The second-order valence-electron chi connectivity index (χ2n) is 12.3. The summed E-state index contributed by atoms with van der Waals surface area (Å²) >= 11 is 0. The Morgan fingerprint density at radius 3 is 2.02 bits per heavy atom. The summed E-state index contributed by atoms with van der Waals surface area (Å²) in [4.78, 5) is 4.72. The lowest BCUT2D eigenvalue weighted by atomic mass is 9.87. The van der Waals surface area contributed by atoms with Gasteiger partial charge in [0.1, 0.15) is 5.75 Å². The van der Waals surface area contributed by atoms with Gasteiger partial charge in [-0.05, 0) is 110 Å². The number of methoxy groups -OCH3 is 3. The molecule has 2 atom stereocenters. The van der Waals surface area contributed by atoms with Crippen molar-refractivity contribution < 1.29 is 28.8 Å². The van der Waals surface area contributed by atoms with E-state index >= 15 is 0 Å². The second kappa shape index (κ2) is 11.8. The van der Waals surface area contributed by atoms with E-state index in [9.17, 15) is 5.11 Å². The predicted molar refractivity (Wildman–Crippen MR) is 173 cm³/mol. The van der Waals surface area contributed by atoms with E-state index in [1.807, 2.05) is 24.3 Å². The van der Waals surface area contributed by atoms with Crippen LogP contribution in [0.3, 0.4) is 0 Å². The lowest BCUT2D eigenvalue weighted by Crippen LogP contribution is -2.34. The molecule has 4 aromatic rings. The van der Waals surface area contributed by atoms with Crippen LogP contribution in [0.2, 0.25) is 0 Å². The van der Waals surface area contributed by atoms with Crippen molar-refractivity contribution >= 4 is 0 Å². The molecule has 0 amide bonds. The summed E-state index contributed by atoms with van der Waals surface area (Å²) in [5.74, 6) is 4.17. The molecule has 8 heteroatoms. The summed E-state index contributed by atoms with van der Waals surface area (Å²) in [6.07, 6.45) is 3.24. The largest absolute Gasteiger partial charge is 0.502 e. The molecule has 4 heterocycles.